The first kappa shape index (κ1) is 17.6. The predicted molar refractivity (Wildman–Crippen MR) is 98.6 cm³/mol. The van der Waals surface area contributed by atoms with E-state index in [0.717, 1.165) is 36.2 Å². The number of aryl methyl sites for hydroxylation is 1. The lowest BCUT2D eigenvalue weighted by Crippen LogP contribution is -2.38. The third-order valence-corrected chi connectivity index (χ3v) is 7.88. The Bertz CT molecular complexity index is 941. The van der Waals surface area contributed by atoms with Crippen LogP contribution in [0.3, 0.4) is 0 Å². The van der Waals surface area contributed by atoms with Crippen LogP contribution in [-0.4, -0.2) is 30.6 Å². The number of hydrogen-bond donors (Lipinski definition) is 2. The molecule has 2 N–H and O–H groups in total. The fraction of sp³-hybridized carbons (Fsp3) is 0.471. The SMILES string of the molecule is Cc1cccc(C(=O)Nc2nnc(S(=O)(=O)N[C@@H]3C[C@H]4CC[C@@H]3C4)s2)c1. The summed E-state index contributed by atoms with van der Waals surface area (Å²) in [6.07, 6.45) is 4.31. The van der Waals surface area contributed by atoms with Gasteiger partial charge in [-0.05, 0) is 50.2 Å². The maximum absolute atomic E-state index is 12.6. The van der Waals surface area contributed by atoms with E-state index in [2.05, 4.69) is 20.2 Å². The van der Waals surface area contributed by atoms with Gasteiger partial charge in [-0.1, -0.05) is 35.5 Å². The number of carbonyl (C=O) groups is 1. The number of rotatable bonds is 5. The molecule has 138 valence electrons. The highest BCUT2D eigenvalue weighted by Gasteiger charge is 2.41. The van der Waals surface area contributed by atoms with Crippen molar-refractivity contribution in [1.82, 2.24) is 14.9 Å². The summed E-state index contributed by atoms with van der Waals surface area (Å²) in [6.45, 7) is 1.90. The molecular formula is C17H20N4O3S2. The van der Waals surface area contributed by atoms with Gasteiger partial charge < -0.3 is 0 Å². The summed E-state index contributed by atoms with van der Waals surface area (Å²) in [5, 5.41) is 10.4. The maximum atomic E-state index is 12.6. The smallest absolute Gasteiger partial charge is 0.270 e. The van der Waals surface area contributed by atoms with E-state index in [0.29, 0.717) is 17.4 Å². The summed E-state index contributed by atoms with van der Waals surface area (Å²) in [5.41, 5.74) is 1.46. The first-order chi connectivity index (χ1) is 12.4. The lowest BCUT2D eigenvalue weighted by Gasteiger charge is -2.21. The number of sulfonamides is 1. The first-order valence-corrected chi connectivity index (χ1v) is 10.9. The highest BCUT2D eigenvalue weighted by atomic mass is 32.2. The maximum Gasteiger partial charge on any atom is 0.270 e. The highest BCUT2D eigenvalue weighted by Crippen LogP contribution is 2.44. The second-order valence-electron chi connectivity index (χ2n) is 7.10. The molecule has 1 aromatic carbocycles. The molecule has 0 unspecified atom stereocenters. The molecule has 2 aliphatic carbocycles. The third kappa shape index (κ3) is 3.51. The van der Waals surface area contributed by atoms with Gasteiger partial charge in [0.25, 0.3) is 15.9 Å². The summed E-state index contributed by atoms with van der Waals surface area (Å²) in [4.78, 5) is 12.3. The molecular weight excluding hydrogens is 372 g/mol. The number of aromatic nitrogens is 2. The molecule has 2 saturated carbocycles. The van der Waals surface area contributed by atoms with Gasteiger partial charge in [-0.25, -0.2) is 13.1 Å². The second kappa shape index (κ2) is 6.71. The number of nitrogens with one attached hydrogen (secondary N) is 2. The van der Waals surface area contributed by atoms with Crippen LogP contribution in [0.1, 0.15) is 41.6 Å². The molecule has 2 fully saturated rings. The summed E-state index contributed by atoms with van der Waals surface area (Å²) >= 11 is 0.866. The van der Waals surface area contributed by atoms with Gasteiger partial charge in [-0.15, -0.1) is 10.2 Å². The van der Waals surface area contributed by atoms with Gasteiger partial charge >= 0.3 is 0 Å². The van der Waals surface area contributed by atoms with E-state index in [9.17, 15) is 13.2 Å². The fourth-order valence-corrected chi connectivity index (χ4v) is 6.19. The van der Waals surface area contributed by atoms with Crippen LogP contribution < -0.4 is 10.0 Å². The number of amides is 1. The number of benzene rings is 1. The topological polar surface area (TPSA) is 101 Å². The Kier molecular flexibility index (Phi) is 4.54. The lowest BCUT2D eigenvalue weighted by molar-refractivity contribution is 0.102. The molecule has 4 rings (SSSR count). The van der Waals surface area contributed by atoms with Crippen LogP contribution in [0, 0.1) is 18.8 Å². The second-order valence-corrected chi connectivity index (χ2v) is 9.96. The zero-order chi connectivity index (χ0) is 18.3. The van der Waals surface area contributed by atoms with Gasteiger partial charge in [0.15, 0.2) is 0 Å². The Morgan fingerprint density at radius 2 is 2.08 bits per heavy atom. The molecule has 2 bridgehead atoms. The molecule has 0 aliphatic heterocycles. The van der Waals surface area contributed by atoms with Crippen molar-refractivity contribution in [2.24, 2.45) is 11.8 Å². The molecule has 1 aromatic heterocycles. The molecule has 1 heterocycles. The highest BCUT2D eigenvalue weighted by molar-refractivity contribution is 7.91. The van der Waals surface area contributed by atoms with Crippen LogP contribution in [0.2, 0.25) is 0 Å². The Morgan fingerprint density at radius 1 is 1.23 bits per heavy atom. The van der Waals surface area contributed by atoms with Gasteiger partial charge in [-0.3, -0.25) is 10.1 Å². The predicted octanol–water partition coefficient (Wildman–Crippen LogP) is 2.57. The summed E-state index contributed by atoms with van der Waals surface area (Å²) in [7, 11) is -3.71. The van der Waals surface area contributed by atoms with Crippen molar-refractivity contribution in [3.8, 4) is 0 Å². The molecule has 26 heavy (non-hydrogen) atoms. The molecule has 3 atom stereocenters. The lowest BCUT2D eigenvalue weighted by atomic mass is 9.96. The summed E-state index contributed by atoms with van der Waals surface area (Å²) in [6, 6.07) is 7.13. The average molecular weight is 393 g/mol. The summed E-state index contributed by atoms with van der Waals surface area (Å²) < 4.78 is 27.8. The van der Waals surface area contributed by atoms with Gasteiger partial charge in [0, 0.05) is 11.6 Å². The van der Waals surface area contributed by atoms with E-state index in [1.54, 1.807) is 18.2 Å². The number of anilines is 1. The number of carbonyl (C=O) groups excluding carboxylic acids is 1. The Morgan fingerprint density at radius 3 is 2.77 bits per heavy atom. The minimum Gasteiger partial charge on any atom is -0.296 e. The zero-order valence-corrected chi connectivity index (χ0v) is 15.9. The van der Waals surface area contributed by atoms with E-state index in [1.165, 1.54) is 6.42 Å². The Hall–Kier alpha value is -1.84. The van der Waals surface area contributed by atoms with Crippen molar-refractivity contribution in [1.29, 1.82) is 0 Å². The average Bonchev–Trinajstić information content (AvgIpc) is 3.31. The van der Waals surface area contributed by atoms with E-state index in [1.807, 2.05) is 13.0 Å². The van der Waals surface area contributed by atoms with E-state index in [4.69, 9.17) is 0 Å². The van der Waals surface area contributed by atoms with Crippen LogP contribution >= 0.6 is 11.3 Å². The Labute approximate surface area is 156 Å². The Balaban J connectivity index is 1.44. The molecule has 1 amide bonds. The van der Waals surface area contributed by atoms with Crippen LogP contribution in [-0.2, 0) is 10.0 Å². The molecule has 0 radical (unpaired) electrons. The van der Waals surface area contributed by atoms with Gasteiger partial charge in [0.2, 0.25) is 9.47 Å². The van der Waals surface area contributed by atoms with Gasteiger partial charge in [0.1, 0.15) is 0 Å². The molecule has 0 spiro atoms. The molecule has 2 aromatic rings. The third-order valence-electron chi connectivity index (χ3n) is 5.18. The van der Waals surface area contributed by atoms with Crippen LogP contribution in [0.25, 0.3) is 0 Å². The largest absolute Gasteiger partial charge is 0.296 e. The van der Waals surface area contributed by atoms with Crippen molar-refractivity contribution < 1.29 is 13.2 Å². The standard InChI is InChI=1S/C17H20N4O3S2/c1-10-3-2-4-13(7-10)15(22)18-16-19-20-17(25-16)26(23,24)21-14-9-11-5-6-12(14)8-11/h2-4,7,11-12,14,21H,5-6,8-9H2,1H3,(H,18,19,22)/t11-,12+,14+/m0/s1. The van der Waals surface area contributed by atoms with Crippen molar-refractivity contribution >= 4 is 32.4 Å². The van der Waals surface area contributed by atoms with Crippen LogP contribution in [0.15, 0.2) is 28.6 Å². The normalized spacial score (nSPS) is 24.7. The summed E-state index contributed by atoms with van der Waals surface area (Å²) in [5.74, 6) is 0.740. The first-order valence-electron chi connectivity index (χ1n) is 8.64. The van der Waals surface area contributed by atoms with Gasteiger partial charge in [-0.2, -0.15) is 0 Å². The van der Waals surface area contributed by atoms with E-state index in [-0.39, 0.29) is 21.4 Å². The minimum atomic E-state index is -3.71. The minimum absolute atomic E-state index is 0.00650. The van der Waals surface area contributed by atoms with Crippen molar-refractivity contribution in [3.63, 3.8) is 0 Å². The quantitative estimate of drug-likeness (QED) is 0.762. The van der Waals surface area contributed by atoms with Gasteiger partial charge in [0.05, 0.1) is 0 Å². The van der Waals surface area contributed by atoms with Crippen LogP contribution in [0.5, 0.6) is 0 Å². The van der Waals surface area contributed by atoms with Crippen molar-refractivity contribution in [2.45, 2.75) is 43.0 Å². The number of nitrogens with zero attached hydrogens (tertiary/aromatic N) is 2. The number of hydrogen-bond acceptors (Lipinski definition) is 6. The zero-order valence-electron chi connectivity index (χ0n) is 14.3. The van der Waals surface area contributed by atoms with E-state index >= 15 is 0 Å². The molecule has 2 aliphatic rings. The molecule has 0 saturated heterocycles. The monoisotopic (exact) mass is 392 g/mol. The van der Waals surface area contributed by atoms with Crippen molar-refractivity contribution in [3.05, 3.63) is 35.4 Å². The van der Waals surface area contributed by atoms with E-state index < -0.39 is 10.0 Å². The van der Waals surface area contributed by atoms with Crippen LogP contribution in [0.4, 0.5) is 5.13 Å². The number of fused-ring (bicyclic) bond motifs is 2. The molecule has 9 heteroatoms. The fourth-order valence-electron chi connectivity index (χ4n) is 3.96. The molecule has 7 nitrogen and oxygen atoms in total. The van der Waals surface area contributed by atoms with Crippen molar-refractivity contribution in [2.75, 3.05) is 5.32 Å².